The Hall–Kier alpha value is -1.71. The summed E-state index contributed by atoms with van der Waals surface area (Å²) in [4.78, 5) is 0. The molecule has 0 spiro atoms. The highest BCUT2D eigenvalue weighted by atomic mass is 19.1. The third kappa shape index (κ3) is 2.39. The van der Waals surface area contributed by atoms with Gasteiger partial charge in [-0.2, -0.15) is 0 Å². The van der Waals surface area contributed by atoms with Crippen molar-refractivity contribution >= 4 is 0 Å². The lowest BCUT2D eigenvalue weighted by Crippen LogP contribution is -2.12. The topological polar surface area (TPSA) is 35.2 Å². The van der Waals surface area contributed by atoms with E-state index in [-0.39, 0.29) is 11.9 Å². The molecular formula is C16H16FNO. The lowest BCUT2D eigenvalue weighted by atomic mass is 9.95. The molecule has 0 amide bonds. The third-order valence-electron chi connectivity index (χ3n) is 3.53. The highest BCUT2D eigenvalue weighted by Gasteiger charge is 2.15. The second-order valence-corrected chi connectivity index (χ2v) is 5.06. The van der Waals surface area contributed by atoms with Gasteiger partial charge in [-0.1, -0.05) is 24.3 Å². The number of aryl methyl sites for hydroxylation is 1. The van der Waals surface area contributed by atoms with E-state index in [0.717, 1.165) is 16.7 Å². The van der Waals surface area contributed by atoms with Gasteiger partial charge in [0.25, 0.3) is 0 Å². The molecule has 98 valence electrons. The van der Waals surface area contributed by atoms with Crippen LogP contribution in [0.5, 0.6) is 0 Å². The van der Waals surface area contributed by atoms with Gasteiger partial charge in [0.1, 0.15) is 5.82 Å². The Labute approximate surface area is 112 Å². The zero-order chi connectivity index (χ0) is 13.4. The number of nitrogens with two attached hydrogens (primary N) is 1. The number of halogens is 1. The van der Waals surface area contributed by atoms with Crippen LogP contribution in [0.2, 0.25) is 0 Å². The molecule has 1 aliphatic heterocycles. The summed E-state index contributed by atoms with van der Waals surface area (Å²) in [5.74, 6) is -0.241. The lowest BCUT2D eigenvalue weighted by molar-refractivity contribution is 0.134. The van der Waals surface area contributed by atoms with Crippen molar-refractivity contribution in [1.82, 2.24) is 0 Å². The van der Waals surface area contributed by atoms with E-state index in [1.807, 2.05) is 25.1 Å². The highest BCUT2D eigenvalue weighted by Crippen LogP contribution is 2.27. The van der Waals surface area contributed by atoms with Crippen molar-refractivity contribution in [3.8, 4) is 0 Å². The molecule has 2 aromatic rings. The van der Waals surface area contributed by atoms with Crippen molar-refractivity contribution in [3.05, 3.63) is 70.0 Å². The number of hydrogen-bond donors (Lipinski definition) is 1. The molecule has 0 bridgehead atoms. The molecule has 1 atom stereocenters. The zero-order valence-corrected chi connectivity index (χ0v) is 10.8. The van der Waals surface area contributed by atoms with Gasteiger partial charge in [-0.25, -0.2) is 4.39 Å². The average Bonchev–Trinajstić information content (AvgIpc) is 2.83. The fourth-order valence-corrected chi connectivity index (χ4v) is 2.52. The van der Waals surface area contributed by atoms with Gasteiger partial charge < -0.3 is 10.5 Å². The Balaban J connectivity index is 1.97. The summed E-state index contributed by atoms with van der Waals surface area (Å²) in [5, 5.41) is 0. The largest absolute Gasteiger partial charge is 0.372 e. The summed E-state index contributed by atoms with van der Waals surface area (Å²) in [6.07, 6.45) is 0. The number of rotatable bonds is 2. The van der Waals surface area contributed by atoms with Crippen LogP contribution < -0.4 is 5.73 Å². The van der Waals surface area contributed by atoms with Crippen LogP contribution in [0.1, 0.15) is 33.9 Å². The normalized spacial score (nSPS) is 15.3. The van der Waals surface area contributed by atoms with Gasteiger partial charge in [0.15, 0.2) is 0 Å². The second kappa shape index (κ2) is 4.76. The van der Waals surface area contributed by atoms with E-state index in [1.54, 1.807) is 0 Å². The number of ether oxygens (including phenoxy) is 1. The summed E-state index contributed by atoms with van der Waals surface area (Å²) < 4.78 is 18.8. The molecule has 0 aliphatic carbocycles. The van der Waals surface area contributed by atoms with Crippen molar-refractivity contribution < 1.29 is 9.13 Å². The lowest BCUT2D eigenvalue weighted by Gasteiger charge is -2.14. The quantitative estimate of drug-likeness (QED) is 0.896. The van der Waals surface area contributed by atoms with E-state index >= 15 is 0 Å². The first-order valence-corrected chi connectivity index (χ1v) is 6.35. The molecule has 1 heterocycles. The second-order valence-electron chi connectivity index (χ2n) is 5.06. The summed E-state index contributed by atoms with van der Waals surface area (Å²) >= 11 is 0. The van der Waals surface area contributed by atoms with Gasteiger partial charge in [-0.05, 0) is 46.9 Å². The molecule has 2 N–H and O–H groups in total. The molecule has 2 nitrogen and oxygen atoms in total. The van der Waals surface area contributed by atoms with Gasteiger partial charge in [-0.15, -0.1) is 0 Å². The maximum atomic E-state index is 13.4. The van der Waals surface area contributed by atoms with Crippen LogP contribution in [-0.4, -0.2) is 0 Å². The molecule has 1 aliphatic rings. The summed E-state index contributed by atoms with van der Waals surface area (Å²) in [6, 6.07) is 10.7. The van der Waals surface area contributed by atoms with Crippen LogP contribution in [0.25, 0.3) is 0 Å². The number of benzene rings is 2. The Morgan fingerprint density at radius 3 is 2.63 bits per heavy atom. The standard InChI is InChI=1S/C16H16FNO/c1-10-4-13(7-15(17)5-10)16(18)11-2-3-12-8-19-9-14(12)6-11/h2-7,16H,8-9,18H2,1H3. The first-order chi connectivity index (χ1) is 9.13. The van der Waals surface area contributed by atoms with Crippen molar-refractivity contribution in [2.75, 3.05) is 0 Å². The predicted octanol–water partition coefficient (Wildman–Crippen LogP) is 3.21. The number of hydrogen-bond acceptors (Lipinski definition) is 2. The molecule has 3 heteroatoms. The predicted molar refractivity (Wildman–Crippen MR) is 72.1 cm³/mol. The molecule has 0 radical (unpaired) electrons. The molecule has 2 aromatic carbocycles. The van der Waals surface area contributed by atoms with Crippen molar-refractivity contribution in [1.29, 1.82) is 0 Å². The molecular weight excluding hydrogens is 241 g/mol. The average molecular weight is 257 g/mol. The first kappa shape index (κ1) is 12.3. The first-order valence-electron chi connectivity index (χ1n) is 6.35. The van der Waals surface area contributed by atoms with Crippen molar-refractivity contribution in [2.45, 2.75) is 26.2 Å². The van der Waals surface area contributed by atoms with Gasteiger partial charge >= 0.3 is 0 Å². The van der Waals surface area contributed by atoms with E-state index in [9.17, 15) is 4.39 Å². The Morgan fingerprint density at radius 1 is 1.05 bits per heavy atom. The van der Waals surface area contributed by atoms with Crippen LogP contribution in [0.15, 0.2) is 36.4 Å². The number of fused-ring (bicyclic) bond motifs is 1. The highest BCUT2D eigenvalue weighted by molar-refractivity contribution is 5.39. The van der Waals surface area contributed by atoms with Crippen LogP contribution >= 0.6 is 0 Å². The maximum Gasteiger partial charge on any atom is 0.123 e. The Bertz CT molecular complexity index is 604. The van der Waals surface area contributed by atoms with Crippen LogP contribution in [0.3, 0.4) is 0 Å². The monoisotopic (exact) mass is 257 g/mol. The Morgan fingerprint density at radius 2 is 1.84 bits per heavy atom. The van der Waals surface area contributed by atoms with Crippen LogP contribution in [0.4, 0.5) is 4.39 Å². The van der Waals surface area contributed by atoms with E-state index < -0.39 is 0 Å². The van der Waals surface area contributed by atoms with Crippen molar-refractivity contribution in [2.24, 2.45) is 5.73 Å². The maximum absolute atomic E-state index is 13.4. The fourth-order valence-electron chi connectivity index (χ4n) is 2.52. The molecule has 0 fully saturated rings. The van der Waals surface area contributed by atoms with E-state index in [1.165, 1.54) is 23.3 Å². The zero-order valence-electron chi connectivity index (χ0n) is 10.8. The Kier molecular flexibility index (Phi) is 3.09. The van der Waals surface area contributed by atoms with Crippen LogP contribution in [-0.2, 0) is 18.0 Å². The van der Waals surface area contributed by atoms with Gasteiger partial charge in [-0.3, -0.25) is 0 Å². The van der Waals surface area contributed by atoms with Crippen molar-refractivity contribution in [3.63, 3.8) is 0 Å². The third-order valence-corrected chi connectivity index (χ3v) is 3.53. The minimum absolute atomic E-state index is 0.241. The molecule has 1 unspecified atom stereocenters. The van der Waals surface area contributed by atoms with Crippen LogP contribution in [0, 0.1) is 12.7 Å². The summed E-state index contributed by atoms with van der Waals surface area (Å²) in [5.41, 5.74) is 11.3. The SMILES string of the molecule is Cc1cc(F)cc(C(N)c2ccc3c(c2)COC3)c1. The molecule has 0 aromatic heterocycles. The van der Waals surface area contributed by atoms with E-state index in [0.29, 0.717) is 13.2 Å². The van der Waals surface area contributed by atoms with E-state index in [4.69, 9.17) is 10.5 Å². The van der Waals surface area contributed by atoms with Gasteiger partial charge in [0, 0.05) is 0 Å². The van der Waals surface area contributed by atoms with Gasteiger partial charge in [0.2, 0.25) is 0 Å². The smallest absolute Gasteiger partial charge is 0.123 e. The summed E-state index contributed by atoms with van der Waals surface area (Å²) in [7, 11) is 0. The minimum atomic E-state index is -0.305. The van der Waals surface area contributed by atoms with E-state index in [2.05, 4.69) is 6.07 Å². The molecule has 0 saturated carbocycles. The molecule has 19 heavy (non-hydrogen) atoms. The minimum Gasteiger partial charge on any atom is -0.372 e. The van der Waals surface area contributed by atoms with Gasteiger partial charge in [0.05, 0.1) is 19.3 Å². The molecule has 0 saturated heterocycles. The fraction of sp³-hybridized carbons (Fsp3) is 0.250. The molecule has 3 rings (SSSR count). The summed E-state index contributed by atoms with van der Waals surface area (Å²) in [6.45, 7) is 3.18.